The van der Waals surface area contributed by atoms with Crippen molar-refractivity contribution in [3.8, 4) is 10.6 Å². The number of anilines is 4. The highest BCUT2D eigenvalue weighted by Crippen LogP contribution is 2.35. The number of nitrogens with one attached hydrogen (secondary N) is 2. The molecule has 0 saturated heterocycles. The van der Waals surface area contributed by atoms with Crippen LogP contribution < -0.4 is 16.4 Å². The van der Waals surface area contributed by atoms with Crippen molar-refractivity contribution in [2.45, 2.75) is 19.3 Å². The number of imidazole rings is 1. The summed E-state index contributed by atoms with van der Waals surface area (Å²) in [6.45, 7) is 0. The van der Waals surface area contributed by atoms with E-state index in [1.54, 1.807) is 29.5 Å². The molecule has 1 aliphatic carbocycles. The van der Waals surface area contributed by atoms with Gasteiger partial charge in [-0.1, -0.05) is 29.5 Å². The van der Waals surface area contributed by atoms with Crippen LogP contribution in [0.15, 0.2) is 67.1 Å². The number of thiophene rings is 1. The lowest BCUT2D eigenvalue weighted by molar-refractivity contribution is 0.103. The lowest BCUT2D eigenvalue weighted by Crippen LogP contribution is -2.11. The Kier molecular flexibility index (Phi) is 5.27. The third kappa shape index (κ3) is 4.27. The number of hydrogen-bond donors (Lipinski definition) is 3. The van der Waals surface area contributed by atoms with E-state index in [1.807, 2.05) is 30.6 Å². The molecule has 1 aliphatic rings. The summed E-state index contributed by atoms with van der Waals surface area (Å²) >= 11 is 2.93. The van der Waals surface area contributed by atoms with Gasteiger partial charge in [0.1, 0.15) is 5.65 Å². The molecule has 34 heavy (non-hydrogen) atoms. The van der Waals surface area contributed by atoms with Gasteiger partial charge in [0.25, 0.3) is 5.91 Å². The van der Waals surface area contributed by atoms with Crippen LogP contribution >= 0.6 is 22.7 Å². The second kappa shape index (κ2) is 8.58. The molecule has 0 spiro atoms. The molecule has 5 aromatic rings. The Morgan fingerprint density at radius 1 is 1.06 bits per heavy atom. The first-order valence-electron chi connectivity index (χ1n) is 11.1. The summed E-state index contributed by atoms with van der Waals surface area (Å²) in [6.07, 6.45) is 9.77. The maximum absolute atomic E-state index is 12.6. The Labute approximate surface area is 204 Å². The highest BCUT2D eigenvalue weighted by Gasteiger charge is 2.22. The van der Waals surface area contributed by atoms with Crippen molar-refractivity contribution in [1.29, 1.82) is 0 Å². The van der Waals surface area contributed by atoms with Crippen molar-refractivity contribution in [2.24, 2.45) is 5.92 Å². The molecule has 170 valence electrons. The SMILES string of the molecule is Nc1ccccc1NC(=O)c1ccc(Nc2ncc(-c3cnc4ccc(CC5CC5)cn34)s2)s1. The average Bonchev–Trinajstić information content (AvgIpc) is 3.21. The van der Waals surface area contributed by atoms with Crippen LogP contribution in [0.2, 0.25) is 0 Å². The predicted octanol–water partition coefficient (Wildman–Crippen LogP) is 6.05. The first-order valence-corrected chi connectivity index (χ1v) is 12.7. The monoisotopic (exact) mass is 486 g/mol. The molecule has 6 rings (SSSR count). The van der Waals surface area contributed by atoms with Gasteiger partial charge in [0, 0.05) is 12.4 Å². The summed E-state index contributed by atoms with van der Waals surface area (Å²) in [5.74, 6) is 0.648. The van der Waals surface area contributed by atoms with Gasteiger partial charge in [-0.15, -0.1) is 11.3 Å². The van der Waals surface area contributed by atoms with E-state index in [1.165, 1.54) is 29.7 Å². The summed E-state index contributed by atoms with van der Waals surface area (Å²) in [5.41, 5.74) is 10.4. The van der Waals surface area contributed by atoms with Gasteiger partial charge in [-0.05, 0) is 61.1 Å². The van der Waals surface area contributed by atoms with Gasteiger partial charge in [0.15, 0.2) is 5.13 Å². The van der Waals surface area contributed by atoms with Gasteiger partial charge in [-0.25, -0.2) is 9.97 Å². The predicted molar refractivity (Wildman–Crippen MR) is 139 cm³/mol. The summed E-state index contributed by atoms with van der Waals surface area (Å²) in [4.78, 5) is 23.3. The van der Waals surface area contributed by atoms with Crippen LogP contribution in [0.5, 0.6) is 0 Å². The molecule has 7 nitrogen and oxygen atoms in total. The molecule has 1 aromatic carbocycles. The average molecular weight is 487 g/mol. The number of carbonyl (C=O) groups excluding carboxylic acids is 1. The molecule has 1 fully saturated rings. The Morgan fingerprint density at radius 2 is 1.94 bits per heavy atom. The maximum Gasteiger partial charge on any atom is 0.265 e. The fraction of sp³-hybridized carbons (Fsp3) is 0.160. The van der Waals surface area contributed by atoms with E-state index >= 15 is 0 Å². The largest absolute Gasteiger partial charge is 0.397 e. The fourth-order valence-corrected chi connectivity index (χ4v) is 5.56. The maximum atomic E-state index is 12.6. The van der Waals surface area contributed by atoms with Gasteiger partial charge in [0.2, 0.25) is 0 Å². The van der Waals surface area contributed by atoms with E-state index in [-0.39, 0.29) is 5.91 Å². The first kappa shape index (κ1) is 20.9. The van der Waals surface area contributed by atoms with Crippen LogP contribution in [0.3, 0.4) is 0 Å². The van der Waals surface area contributed by atoms with Crippen LogP contribution in [-0.2, 0) is 6.42 Å². The zero-order chi connectivity index (χ0) is 23.1. The number of para-hydroxylation sites is 2. The van der Waals surface area contributed by atoms with Gasteiger partial charge in [-0.3, -0.25) is 9.20 Å². The van der Waals surface area contributed by atoms with Crippen molar-refractivity contribution in [2.75, 3.05) is 16.4 Å². The van der Waals surface area contributed by atoms with Crippen LogP contribution in [-0.4, -0.2) is 20.3 Å². The zero-order valence-corrected chi connectivity index (χ0v) is 19.8. The number of pyridine rings is 1. The van der Waals surface area contributed by atoms with Crippen molar-refractivity contribution >= 4 is 55.7 Å². The third-order valence-electron chi connectivity index (χ3n) is 5.82. The Hall–Kier alpha value is -3.69. The Balaban J connectivity index is 1.17. The molecule has 0 atom stereocenters. The number of thiazole rings is 1. The minimum Gasteiger partial charge on any atom is -0.397 e. The smallest absolute Gasteiger partial charge is 0.265 e. The number of aromatic nitrogens is 3. The van der Waals surface area contributed by atoms with Crippen LogP contribution in [0, 0.1) is 5.92 Å². The number of benzene rings is 1. The highest BCUT2D eigenvalue weighted by molar-refractivity contribution is 7.20. The number of hydrogen-bond acceptors (Lipinski definition) is 7. The Bertz CT molecular complexity index is 1500. The van der Waals surface area contributed by atoms with Crippen molar-refractivity contribution in [3.63, 3.8) is 0 Å². The van der Waals surface area contributed by atoms with E-state index < -0.39 is 0 Å². The molecule has 1 amide bonds. The van der Waals surface area contributed by atoms with E-state index in [0.29, 0.717) is 16.3 Å². The molecule has 0 unspecified atom stereocenters. The third-order valence-corrected chi connectivity index (χ3v) is 7.75. The molecular formula is C25H22N6OS2. The molecule has 4 aromatic heterocycles. The van der Waals surface area contributed by atoms with Gasteiger partial charge in [0.05, 0.1) is 38.0 Å². The van der Waals surface area contributed by atoms with Gasteiger partial charge >= 0.3 is 0 Å². The van der Waals surface area contributed by atoms with Crippen molar-refractivity contribution in [1.82, 2.24) is 14.4 Å². The van der Waals surface area contributed by atoms with E-state index in [4.69, 9.17) is 5.73 Å². The molecule has 0 bridgehead atoms. The number of carbonyl (C=O) groups is 1. The Morgan fingerprint density at radius 3 is 2.79 bits per heavy atom. The van der Waals surface area contributed by atoms with E-state index in [9.17, 15) is 4.79 Å². The minimum absolute atomic E-state index is 0.191. The standard InChI is InChI=1S/C25H22N6OS2/c26-17-3-1-2-4-18(17)29-24(32)20-8-10-23(33-20)30-25-28-13-21(34-25)19-12-27-22-9-7-16(14-31(19)22)11-15-5-6-15/h1-4,7-10,12-15H,5-6,11,26H2,(H,28,30)(H,29,32). The molecule has 4 N–H and O–H groups in total. The van der Waals surface area contributed by atoms with E-state index in [2.05, 4.69) is 43.3 Å². The molecule has 0 aliphatic heterocycles. The summed E-state index contributed by atoms with van der Waals surface area (Å²) in [5, 5.41) is 7.79. The topological polar surface area (TPSA) is 97.3 Å². The van der Waals surface area contributed by atoms with Crippen molar-refractivity contribution in [3.05, 3.63) is 77.6 Å². The van der Waals surface area contributed by atoms with Gasteiger partial charge in [-0.2, -0.15) is 0 Å². The quantitative estimate of drug-likeness (QED) is 0.243. The second-order valence-corrected chi connectivity index (χ2v) is 10.5. The fourth-order valence-electron chi connectivity index (χ4n) is 3.86. The molecular weight excluding hydrogens is 464 g/mol. The number of nitrogens with zero attached hydrogens (tertiary/aromatic N) is 3. The number of nitrogen functional groups attached to an aromatic ring is 1. The number of rotatable bonds is 7. The van der Waals surface area contributed by atoms with Gasteiger partial charge < -0.3 is 16.4 Å². The summed E-state index contributed by atoms with van der Waals surface area (Å²) < 4.78 is 2.15. The molecule has 0 radical (unpaired) electrons. The van der Waals surface area contributed by atoms with Crippen molar-refractivity contribution < 1.29 is 4.79 Å². The second-order valence-electron chi connectivity index (χ2n) is 8.42. The first-order chi connectivity index (χ1) is 16.6. The summed E-state index contributed by atoms with van der Waals surface area (Å²) in [6, 6.07) is 15.2. The zero-order valence-electron chi connectivity index (χ0n) is 18.2. The lowest BCUT2D eigenvalue weighted by atomic mass is 10.1. The van der Waals surface area contributed by atoms with Crippen LogP contribution in [0.25, 0.3) is 16.2 Å². The number of fused-ring (bicyclic) bond motifs is 1. The van der Waals surface area contributed by atoms with Crippen LogP contribution in [0.1, 0.15) is 28.1 Å². The van der Waals surface area contributed by atoms with Crippen LogP contribution in [0.4, 0.5) is 21.5 Å². The molecule has 1 saturated carbocycles. The van der Waals surface area contributed by atoms with E-state index in [0.717, 1.165) is 38.7 Å². The minimum atomic E-state index is -0.191. The number of nitrogens with two attached hydrogens (primary N) is 1. The highest BCUT2D eigenvalue weighted by atomic mass is 32.1. The normalized spacial score (nSPS) is 13.3. The lowest BCUT2D eigenvalue weighted by Gasteiger charge is -2.06. The molecule has 4 heterocycles. The number of amides is 1. The molecule has 9 heteroatoms. The summed E-state index contributed by atoms with van der Waals surface area (Å²) in [7, 11) is 0.